The number of primary amides is 1. The zero-order valence-electron chi connectivity index (χ0n) is 9.94. The van der Waals surface area contributed by atoms with Crippen LogP contribution in [0.1, 0.15) is 6.42 Å². The summed E-state index contributed by atoms with van der Waals surface area (Å²) in [4.78, 5) is 10.5. The van der Waals surface area contributed by atoms with Crippen LogP contribution in [0.5, 0.6) is 11.5 Å². The smallest absolute Gasteiger partial charge is 0.218 e. The van der Waals surface area contributed by atoms with Gasteiger partial charge in [0.1, 0.15) is 18.1 Å². The van der Waals surface area contributed by atoms with Crippen LogP contribution in [0.15, 0.2) is 24.3 Å². The minimum Gasteiger partial charge on any atom is -0.497 e. The first-order valence-corrected chi connectivity index (χ1v) is 5.48. The van der Waals surface area contributed by atoms with E-state index < -0.39 is 0 Å². The summed E-state index contributed by atoms with van der Waals surface area (Å²) in [7, 11) is 1.62. The van der Waals surface area contributed by atoms with Crippen molar-refractivity contribution >= 4 is 5.91 Å². The number of hydrogen-bond acceptors (Lipinski definition) is 4. The maximum Gasteiger partial charge on any atom is 0.218 e. The Kier molecular flexibility index (Phi) is 5.88. The van der Waals surface area contributed by atoms with Gasteiger partial charge in [0.25, 0.3) is 0 Å². The molecule has 1 aromatic rings. The number of hydrogen-bond donors (Lipinski definition) is 2. The van der Waals surface area contributed by atoms with Crippen LogP contribution >= 0.6 is 0 Å². The minimum atomic E-state index is -0.298. The molecule has 1 rings (SSSR count). The molecule has 0 heterocycles. The normalized spacial score (nSPS) is 9.94. The van der Waals surface area contributed by atoms with Crippen LogP contribution in [0.4, 0.5) is 0 Å². The summed E-state index contributed by atoms with van der Waals surface area (Å²) < 4.78 is 10.5. The van der Waals surface area contributed by atoms with E-state index in [4.69, 9.17) is 15.2 Å². The van der Waals surface area contributed by atoms with Gasteiger partial charge in [-0.3, -0.25) is 4.79 Å². The van der Waals surface area contributed by atoms with Gasteiger partial charge in [-0.05, 0) is 24.3 Å². The largest absolute Gasteiger partial charge is 0.497 e. The van der Waals surface area contributed by atoms with Crippen molar-refractivity contribution in [1.29, 1.82) is 0 Å². The van der Waals surface area contributed by atoms with Gasteiger partial charge in [0, 0.05) is 19.5 Å². The summed E-state index contributed by atoms with van der Waals surface area (Å²) in [6.45, 7) is 1.81. The summed E-state index contributed by atoms with van der Waals surface area (Å²) >= 11 is 0. The highest BCUT2D eigenvalue weighted by atomic mass is 16.5. The van der Waals surface area contributed by atoms with E-state index in [2.05, 4.69) is 5.32 Å². The zero-order chi connectivity index (χ0) is 12.5. The van der Waals surface area contributed by atoms with E-state index in [9.17, 15) is 4.79 Å². The Morgan fingerprint density at radius 1 is 1.24 bits per heavy atom. The van der Waals surface area contributed by atoms with Gasteiger partial charge in [-0.2, -0.15) is 0 Å². The van der Waals surface area contributed by atoms with Crippen LogP contribution in [-0.2, 0) is 4.79 Å². The van der Waals surface area contributed by atoms with E-state index in [1.54, 1.807) is 7.11 Å². The maximum atomic E-state index is 10.5. The van der Waals surface area contributed by atoms with Crippen molar-refractivity contribution in [2.45, 2.75) is 6.42 Å². The number of nitrogens with two attached hydrogens (primary N) is 1. The van der Waals surface area contributed by atoms with Gasteiger partial charge in [-0.15, -0.1) is 0 Å². The molecule has 0 aliphatic rings. The monoisotopic (exact) mass is 238 g/mol. The van der Waals surface area contributed by atoms with Crippen molar-refractivity contribution < 1.29 is 14.3 Å². The minimum absolute atomic E-state index is 0.298. The number of carbonyl (C=O) groups is 1. The Bertz CT molecular complexity index is 338. The van der Waals surface area contributed by atoms with Crippen LogP contribution < -0.4 is 20.5 Å². The molecule has 0 saturated heterocycles. The van der Waals surface area contributed by atoms with E-state index in [0.717, 1.165) is 11.5 Å². The lowest BCUT2D eigenvalue weighted by Gasteiger charge is -2.07. The number of ether oxygens (including phenoxy) is 2. The van der Waals surface area contributed by atoms with E-state index in [0.29, 0.717) is 26.1 Å². The summed E-state index contributed by atoms with van der Waals surface area (Å²) in [6.07, 6.45) is 0.350. The summed E-state index contributed by atoms with van der Waals surface area (Å²) in [5.41, 5.74) is 5.00. The first-order chi connectivity index (χ1) is 8.22. The molecule has 0 bridgehead atoms. The molecule has 0 aliphatic carbocycles. The molecule has 17 heavy (non-hydrogen) atoms. The van der Waals surface area contributed by atoms with Gasteiger partial charge >= 0.3 is 0 Å². The third kappa shape index (κ3) is 5.77. The quantitative estimate of drug-likeness (QED) is 0.648. The lowest BCUT2D eigenvalue weighted by Crippen LogP contribution is -2.25. The van der Waals surface area contributed by atoms with Crippen molar-refractivity contribution in [3.05, 3.63) is 24.3 Å². The molecule has 0 radical (unpaired) electrons. The molecule has 0 fully saturated rings. The van der Waals surface area contributed by atoms with E-state index in [1.807, 2.05) is 24.3 Å². The predicted octanol–water partition coefficient (Wildman–Crippen LogP) is 0.539. The van der Waals surface area contributed by atoms with Crippen LogP contribution in [0.2, 0.25) is 0 Å². The van der Waals surface area contributed by atoms with Gasteiger partial charge in [-0.25, -0.2) is 0 Å². The fourth-order valence-electron chi connectivity index (χ4n) is 1.25. The first kappa shape index (κ1) is 13.3. The van der Waals surface area contributed by atoms with Gasteiger partial charge in [0.05, 0.1) is 7.11 Å². The fraction of sp³-hybridized carbons (Fsp3) is 0.417. The molecule has 0 atom stereocenters. The highest BCUT2D eigenvalue weighted by Gasteiger charge is 1.96. The third-order valence-corrected chi connectivity index (χ3v) is 2.16. The van der Waals surface area contributed by atoms with Crippen molar-refractivity contribution in [2.75, 3.05) is 26.8 Å². The molecule has 0 unspecified atom stereocenters. The SMILES string of the molecule is COc1ccc(OCCNCCC(N)=O)cc1. The van der Waals surface area contributed by atoms with Crippen LogP contribution in [0.3, 0.4) is 0 Å². The Hall–Kier alpha value is -1.75. The summed E-state index contributed by atoms with van der Waals surface area (Å²) in [6, 6.07) is 7.39. The molecule has 5 nitrogen and oxygen atoms in total. The molecular formula is C12H18N2O3. The predicted molar refractivity (Wildman–Crippen MR) is 65.2 cm³/mol. The van der Waals surface area contributed by atoms with Gasteiger partial charge < -0.3 is 20.5 Å². The van der Waals surface area contributed by atoms with Crippen molar-refractivity contribution in [2.24, 2.45) is 5.73 Å². The molecule has 94 valence electrons. The number of methoxy groups -OCH3 is 1. The maximum absolute atomic E-state index is 10.5. The second-order valence-electron chi connectivity index (χ2n) is 3.49. The average molecular weight is 238 g/mol. The molecule has 0 aliphatic heterocycles. The first-order valence-electron chi connectivity index (χ1n) is 5.48. The Morgan fingerprint density at radius 2 is 1.88 bits per heavy atom. The Morgan fingerprint density at radius 3 is 2.47 bits per heavy atom. The van der Waals surface area contributed by atoms with Gasteiger partial charge in [0.2, 0.25) is 5.91 Å². The summed E-state index contributed by atoms with van der Waals surface area (Å²) in [5.74, 6) is 1.30. The van der Waals surface area contributed by atoms with Crippen molar-refractivity contribution in [3.8, 4) is 11.5 Å². The lowest BCUT2D eigenvalue weighted by atomic mass is 10.3. The third-order valence-electron chi connectivity index (χ3n) is 2.16. The number of nitrogens with one attached hydrogen (secondary N) is 1. The van der Waals surface area contributed by atoms with Crippen LogP contribution in [0, 0.1) is 0 Å². The number of benzene rings is 1. The molecule has 3 N–H and O–H groups in total. The highest BCUT2D eigenvalue weighted by molar-refractivity contribution is 5.73. The average Bonchev–Trinajstić information content (AvgIpc) is 2.34. The molecule has 1 aromatic carbocycles. The Balaban J connectivity index is 2.11. The number of rotatable bonds is 8. The molecule has 1 amide bonds. The number of amides is 1. The standard InChI is InChI=1S/C12H18N2O3/c1-16-10-2-4-11(5-3-10)17-9-8-14-7-6-12(13)15/h2-5,14H,6-9H2,1H3,(H2,13,15). The Labute approximate surface area is 101 Å². The second-order valence-corrected chi connectivity index (χ2v) is 3.49. The van der Waals surface area contributed by atoms with Crippen molar-refractivity contribution in [3.63, 3.8) is 0 Å². The fourth-order valence-corrected chi connectivity index (χ4v) is 1.25. The molecule has 5 heteroatoms. The van der Waals surface area contributed by atoms with E-state index in [-0.39, 0.29) is 5.91 Å². The van der Waals surface area contributed by atoms with Crippen LogP contribution in [-0.4, -0.2) is 32.7 Å². The zero-order valence-corrected chi connectivity index (χ0v) is 9.94. The second kappa shape index (κ2) is 7.51. The molecule has 0 aromatic heterocycles. The highest BCUT2D eigenvalue weighted by Crippen LogP contribution is 2.16. The van der Waals surface area contributed by atoms with Gasteiger partial charge in [-0.1, -0.05) is 0 Å². The molecule has 0 spiro atoms. The van der Waals surface area contributed by atoms with Crippen molar-refractivity contribution in [1.82, 2.24) is 5.32 Å². The molecular weight excluding hydrogens is 220 g/mol. The van der Waals surface area contributed by atoms with E-state index in [1.165, 1.54) is 0 Å². The number of carbonyl (C=O) groups excluding carboxylic acids is 1. The summed E-state index contributed by atoms with van der Waals surface area (Å²) in [5, 5.41) is 3.06. The van der Waals surface area contributed by atoms with Crippen LogP contribution in [0.25, 0.3) is 0 Å². The molecule has 0 saturated carbocycles. The lowest BCUT2D eigenvalue weighted by molar-refractivity contribution is -0.117. The van der Waals surface area contributed by atoms with E-state index >= 15 is 0 Å². The van der Waals surface area contributed by atoms with Gasteiger partial charge in [0.15, 0.2) is 0 Å². The topological polar surface area (TPSA) is 73.6 Å².